The molecule has 1 aromatic heterocycles. The largest absolute Gasteiger partial charge is 0.330 e. The molecule has 0 saturated heterocycles. The summed E-state index contributed by atoms with van der Waals surface area (Å²) >= 11 is 1.41. The maximum atomic E-state index is 11.9. The Morgan fingerprint density at radius 3 is 2.48 bits per heavy atom. The first kappa shape index (κ1) is 17.6. The highest BCUT2D eigenvalue weighted by Crippen LogP contribution is 2.28. The Bertz CT molecular complexity index is 634. The zero-order valence-electron chi connectivity index (χ0n) is 13.8. The fraction of sp³-hybridized carbons (Fsp3) is 0.471. The van der Waals surface area contributed by atoms with Crippen molar-refractivity contribution in [2.75, 3.05) is 11.9 Å². The summed E-state index contributed by atoms with van der Waals surface area (Å²) in [5, 5.41) is 12.5. The molecule has 0 spiro atoms. The molecule has 124 valence electrons. The number of aromatic nitrogens is 2. The first-order chi connectivity index (χ1) is 11.1. The first-order valence-corrected chi connectivity index (χ1v) is 8.82. The van der Waals surface area contributed by atoms with Gasteiger partial charge in [-0.3, -0.25) is 4.79 Å². The fourth-order valence-corrected chi connectivity index (χ4v) is 3.20. The second-order valence-corrected chi connectivity index (χ2v) is 6.77. The summed E-state index contributed by atoms with van der Waals surface area (Å²) in [6.45, 7) is 4.84. The van der Waals surface area contributed by atoms with Gasteiger partial charge in [0.1, 0.15) is 5.01 Å². The van der Waals surface area contributed by atoms with Crippen LogP contribution in [0.5, 0.6) is 0 Å². The molecule has 0 aliphatic carbocycles. The molecular formula is C17H24N4OS. The minimum absolute atomic E-state index is 0.000807. The van der Waals surface area contributed by atoms with E-state index in [-0.39, 0.29) is 5.91 Å². The number of rotatable bonds is 8. The molecule has 2 aromatic rings. The molecule has 0 aliphatic heterocycles. The number of nitrogens with two attached hydrogens (primary N) is 1. The average Bonchev–Trinajstić information content (AvgIpc) is 2.94. The summed E-state index contributed by atoms with van der Waals surface area (Å²) < 4.78 is 0. The van der Waals surface area contributed by atoms with Gasteiger partial charge in [0.25, 0.3) is 0 Å². The number of nitrogens with zero attached hydrogens (tertiary/aromatic N) is 2. The minimum Gasteiger partial charge on any atom is -0.330 e. The molecule has 0 fully saturated rings. The number of benzene rings is 1. The van der Waals surface area contributed by atoms with E-state index in [1.807, 2.05) is 0 Å². The van der Waals surface area contributed by atoms with Gasteiger partial charge in [-0.05, 0) is 45.4 Å². The van der Waals surface area contributed by atoms with Gasteiger partial charge in [-0.15, -0.1) is 10.2 Å². The molecule has 1 amide bonds. The fourth-order valence-electron chi connectivity index (χ4n) is 2.45. The van der Waals surface area contributed by atoms with Crippen LogP contribution in [-0.4, -0.2) is 22.6 Å². The van der Waals surface area contributed by atoms with Crippen LogP contribution in [0.1, 0.15) is 43.2 Å². The lowest BCUT2D eigenvalue weighted by atomic mass is 10.1. The smallest absolute Gasteiger partial charge is 0.226 e. The third-order valence-electron chi connectivity index (χ3n) is 3.50. The van der Waals surface area contributed by atoms with E-state index in [2.05, 4.69) is 47.6 Å². The molecule has 0 unspecified atom stereocenters. The van der Waals surface area contributed by atoms with Gasteiger partial charge in [-0.1, -0.05) is 41.4 Å². The molecule has 1 heterocycles. The van der Waals surface area contributed by atoms with Crippen LogP contribution in [0.3, 0.4) is 0 Å². The number of unbranched alkanes of at least 4 members (excludes halogenated alkanes) is 3. The molecule has 0 atom stereocenters. The Hall–Kier alpha value is -1.79. The van der Waals surface area contributed by atoms with Crippen molar-refractivity contribution in [1.29, 1.82) is 0 Å². The van der Waals surface area contributed by atoms with Gasteiger partial charge in [-0.2, -0.15) is 0 Å². The second-order valence-electron chi connectivity index (χ2n) is 5.79. The van der Waals surface area contributed by atoms with Gasteiger partial charge >= 0.3 is 0 Å². The summed E-state index contributed by atoms with van der Waals surface area (Å²) in [5.41, 5.74) is 8.88. The van der Waals surface area contributed by atoms with Crippen molar-refractivity contribution >= 4 is 22.4 Å². The van der Waals surface area contributed by atoms with Crippen LogP contribution < -0.4 is 11.1 Å². The lowest BCUT2D eigenvalue weighted by molar-refractivity contribution is -0.116. The van der Waals surface area contributed by atoms with E-state index in [1.165, 1.54) is 22.5 Å². The quantitative estimate of drug-likeness (QED) is 0.723. The summed E-state index contributed by atoms with van der Waals surface area (Å²) in [5.74, 6) is 0.000807. The SMILES string of the molecule is Cc1cc(C)cc(-c2nnc(NC(=O)CCCCCCN)s2)c1. The van der Waals surface area contributed by atoms with Crippen LogP contribution in [0.2, 0.25) is 0 Å². The van der Waals surface area contributed by atoms with Crippen LogP contribution in [0.4, 0.5) is 5.13 Å². The zero-order valence-corrected chi connectivity index (χ0v) is 14.6. The van der Waals surface area contributed by atoms with Gasteiger partial charge in [0.2, 0.25) is 11.0 Å². The standard InChI is InChI=1S/C17H24N4OS/c1-12-9-13(2)11-14(10-12)16-20-21-17(23-16)19-15(22)7-5-3-4-6-8-18/h9-11H,3-8,18H2,1-2H3,(H,19,21,22). The molecule has 0 radical (unpaired) electrons. The van der Waals surface area contributed by atoms with Crippen molar-refractivity contribution in [3.8, 4) is 10.6 Å². The van der Waals surface area contributed by atoms with E-state index in [0.29, 0.717) is 11.6 Å². The summed E-state index contributed by atoms with van der Waals surface area (Å²) in [4.78, 5) is 11.9. The number of amides is 1. The Kier molecular flexibility index (Phi) is 6.67. The lowest BCUT2D eigenvalue weighted by Crippen LogP contribution is -2.10. The highest BCUT2D eigenvalue weighted by Gasteiger charge is 2.10. The van der Waals surface area contributed by atoms with Crippen molar-refractivity contribution in [2.45, 2.75) is 46.0 Å². The number of carbonyl (C=O) groups excluding carboxylic acids is 1. The summed E-state index contributed by atoms with van der Waals surface area (Å²) in [6, 6.07) is 6.28. The maximum absolute atomic E-state index is 11.9. The normalized spacial score (nSPS) is 10.7. The Morgan fingerprint density at radius 1 is 1.09 bits per heavy atom. The predicted octanol–water partition coefficient (Wildman–Crippen LogP) is 3.67. The zero-order chi connectivity index (χ0) is 16.7. The average molecular weight is 332 g/mol. The number of nitrogens with one attached hydrogen (secondary N) is 1. The number of hydrogen-bond donors (Lipinski definition) is 2. The highest BCUT2D eigenvalue weighted by molar-refractivity contribution is 7.18. The van der Waals surface area contributed by atoms with Crippen molar-refractivity contribution in [2.24, 2.45) is 5.73 Å². The van der Waals surface area contributed by atoms with Crippen LogP contribution >= 0.6 is 11.3 Å². The summed E-state index contributed by atoms with van der Waals surface area (Å²) in [6.07, 6.45) is 4.54. The van der Waals surface area contributed by atoms with E-state index >= 15 is 0 Å². The van der Waals surface area contributed by atoms with Crippen molar-refractivity contribution in [1.82, 2.24) is 10.2 Å². The Balaban J connectivity index is 1.88. The molecule has 2 rings (SSSR count). The van der Waals surface area contributed by atoms with Crippen LogP contribution in [0, 0.1) is 13.8 Å². The Morgan fingerprint density at radius 2 is 1.78 bits per heavy atom. The minimum atomic E-state index is 0.000807. The van der Waals surface area contributed by atoms with E-state index in [1.54, 1.807) is 0 Å². The molecule has 0 aliphatic rings. The monoisotopic (exact) mass is 332 g/mol. The number of hydrogen-bond acceptors (Lipinski definition) is 5. The number of carbonyl (C=O) groups is 1. The molecular weight excluding hydrogens is 308 g/mol. The van der Waals surface area contributed by atoms with Gasteiger partial charge < -0.3 is 11.1 Å². The molecule has 3 N–H and O–H groups in total. The van der Waals surface area contributed by atoms with Gasteiger partial charge in [0, 0.05) is 12.0 Å². The molecule has 0 saturated carbocycles. The van der Waals surface area contributed by atoms with Gasteiger partial charge in [-0.25, -0.2) is 0 Å². The number of anilines is 1. The maximum Gasteiger partial charge on any atom is 0.226 e. The van der Waals surface area contributed by atoms with Gasteiger partial charge in [0.05, 0.1) is 0 Å². The van der Waals surface area contributed by atoms with E-state index < -0.39 is 0 Å². The molecule has 23 heavy (non-hydrogen) atoms. The molecule has 0 bridgehead atoms. The van der Waals surface area contributed by atoms with Gasteiger partial charge in [0.15, 0.2) is 0 Å². The second kappa shape index (κ2) is 8.74. The predicted molar refractivity (Wildman–Crippen MR) is 95.6 cm³/mol. The van der Waals surface area contributed by atoms with Crippen molar-refractivity contribution in [3.63, 3.8) is 0 Å². The molecule has 5 nitrogen and oxygen atoms in total. The third kappa shape index (κ3) is 5.73. The van der Waals surface area contributed by atoms with E-state index in [4.69, 9.17) is 5.73 Å². The third-order valence-corrected chi connectivity index (χ3v) is 4.39. The topological polar surface area (TPSA) is 80.9 Å². The van der Waals surface area contributed by atoms with Crippen molar-refractivity contribution in [3.05, 3.63) is 29.3 Å². The Labute approximate surface area is 141 Å². The lowest BCUT2D eigenvalue weighted by Gasteiger charge is -2.01. The molecule has 1 aromatic carbocycles. The van der Waals surface area contributed by atoms with Crippen LogP contribution in [0.15, 0.2) is 18.2 Å². The molecule has 6 heteroatoms. The highest BCUT2D eigenvalue weighted by atomic mass is 32.1. The van der Waals surface area contributed by atoms with E-state index in [9.17, 15) is 4.79 Å². The van der Waals surface area contributed by atoms with E-state index in [0.717, 1.165) is 42.8 Å². The van der Waals surface area contributed by atoms with Crippen LogP contribution in [0.25, 0.3) is 10.6 Å². The van der Waals surface area contributed by atoms with Crippen molar-refractivity contribution < 1.29 is 4.79 Å². The van der Waals surface area contributed by atoms with Crippen LogP contribution in [-0.2, 0) is 4.79 Å². The first-order valence-electron chi connectivity index (χ1n) is 8.00. The number of aryl methyl sites for hydroxylation is 2. The summed E-state index contributed by atoms with van der Waals surface area (Å²) in [7, 11) is 0.